The summed E-state index contributed by atoms with van der Waals surface area (Å²) in [5, 5.41) is 9.35. The van der Waals surface area contributed by atoms with Gasteiger partial charge in [-0.2, -0.15) is 0 Å². The zero-order chi connectivity index (χ0) is 15.9. The molecule has 3 rings (SSSR count). The topological polar surface area (TPSA) is 140 Å². The number of H-pyrrole nitrogens is 1. The Labute approximate surface area is 124 Å². The molecule has 11 heteroatoms. The van der Waals surface area contributed by atoms with Crippen LogP contribution in [0.1, 0.15) is 13.2 Å². The molecule has 0 spiro atoms. The molecule has 0 radical (unpaired) electrons. The lowest BCUT2D eigenvalue weighted by Gasteiger charge is -2.16. The molecule has 0 aromatic carbocycles. The molecular weight excluding hydrogens is 315 g/mol. The Bertz CT molecular complexity index is 760. The van der Waals surface area contributed by atoms with Gasteiger partial charge in [-0.05, 0) is 0 Å². The fourth-order valence-electron chi connectivity index (χ4n) is 2.59. The van der Waals surface area contributed by atoms with Crippen molar-refractivity contribution in [3.63, 3.8) is 0 Å². The number of aliphatic hydroxyl groups is 1. The second-order valence-electron chi connectivity index (χ2n) is 4.97. The molecule has 3 N–H and O–H groups in total. The van der Waals surface area contributed by atoms with Gasteiger partial charge in [0.15, 0.2) is 23.5 Å². The van der Waals surface area contributed by atoms with E-state index in [1.54, 1.807) is 6.92 Å². The monoisotopic (exact) mass is 329 g/mol. The molecule has 1 unspecified atom stereocenters. The van der Waals surface area contributed by atoms with Crippen LogP contribution in [0.3, 0.4) is 0 Å². The molecule has 10 nitrogen and oxygen atoms in total. The van der Waals surface area contributed by atoms with Gasteiger partial charge in [-0.3, -0.25) is 9.36 Å². The highest BCUT2D eigenvalue weighted by Gasteiger charge is 2.48. The van der Waals surface area contributed by atoms with Gasteiger partial charge in [0.25, 0.3) is 5.56 Å². The van der Waals surface area contributed by atoms with E-state index in [1.165, 1.54) is 17.2 Å². The number of ether oxygens (including phenoxy) is 1. The quantitative estimate of drug-likeness (QED) is 0.648. The summed E-state index contributed by atoms with van der Waals surface area (Å²) in [7, 11) is -2.85. The number of imidazole rings is 1. The first-order chi connectivity index (χ1) is 10.5. The van der Waals surface area contributed by atoms with Crippen LogP contribution in [-0.4, -0.2) is 48.3 Å². The second-order valence-corrected chi connectivity index (χ2v) is 5.66. The molecule has 1 fully saturated rings. The average Bonchev–Trinajstić information content (AvgIpc) is 3.02. The second kappa shape index (κ2) is 5.82. The maximum Gasteiger partial charge on any atom is 0.695 e. The first-order valence-electron chi connectivity index (χ1n) is 6.52. The Morgan fingerprint density at radius 3 is 3.00 bits per heavy atom. The molecule has 5 atom stereocenters. The van der Waals surface area contributed by atoms with Crippen molar-refractivity contribution >= 4 is 19.4 Å². The maximum absolute atomic E-state index is 11.7. The largest absolute Gasteiger partial charge is 0.695 e. The van der Waals surface area contributed by atoms with E-state index in [9.17, 15) is 14.5 Å². The zero-order valence-electron chi connectivity index (χ0n) is 11.5. The van der Waals surface area contributed by atoms with Gasteiger partial charge in [0.2, 0.25) is 0 Å². The predicted molar refractivity (Wildman–Crippen MR) is 73.0 cm³/mol. The van der Waals surface area contributed by atoms with E-state index >= 15 is 0 Å². The van der Waals surface area contributed by atoms with Crippen LogP contribution in [0.4, 0.5) is 0 Å². The first kappa shape index (κ1) is 15.2. The number of fused-ring (bicyclic) bond motifs is 1. The lowest BCUT2D eigenvalue weighted by atomic mass is 10.0. The molecule has 2 aromatic heterocycles. The number of nitrogens with zero attached hydrogens (tertiary/aromatic N) is 3. The van der Waals surface area contributed by atoms with Crippen LogP contribution >= 0.6 is 8.25 Å². The van der Waals surface area contributed by atoms with Crippen molar-refractivity contribution in [1.29, 1.82) is 0 Å². The fraction of sp³-hybridized carbons (Fsp3) is 0.545. The highest BCUT2D eigenvalue weighted by Crippen LogP contribution is 2.40. The molecule has 0 aliphatic carbocycles. The summed E-state index contributed by atoms with van der Waals surface area (Å²) in [5.41, 5.74) is -0.0150. The first-order valence-corrected chi connectivity index (χ1v) is 7.65. The van der Waals surface area contributed by atoms with Crippen molar-refractivity contribution in [3.05, 3.63) is 23.0 Å². The minimum Gasteiger partial charge on any atom is -0.394 e. The predicted octanol–water partition coefficient (Wildman–Crippen LogP) is -0.320. The molecule has 0 bridgehead atoms. The Morgan fingerprint density at radius 2 is 2.32 bits per heavy atom. The number of hydrogen-bond donors (Lipinski definition) is 3. The van der Waals surface area contributed by atoms with E-state index in [4.69, 9.17) is 14.2 Å². The minimum atomic E-state index is -2.85. The number of aromatic nitrogens is 4. The third-order valence-corrected chi connectivity index (χ3v) is 4.15. The Balaban J connectivity index is 2.05. The Kier molecular flexibility index (Phi) is 4.02. The van der Waals surface area contributed by atoms with Crippen LogP contribution in [0.15, 0.2) is 17.4 Å². The fourth-order valence-corrected chi connectivity index (χ4v) is 3.09. The van der Waals surface area contributed by atoms with E-state index in [0.717, 1.165) is 0 Å². The Hall–Kier alpha value is -1.71. The number of rotatable bonds is 4. The zero-order valence-corrected chi connectivity index (χ0v) is 12.4. The minimum absolute atomic E-state index is 0.123. The van der Waals surface area contributed by atoms with Gasteiger partial charge in [0, 0.05) is 10.5 Å². The normalized spacial score (nSPS) is 29.1. The van der Waals surface area contributed by atoms with Crippen molar-refractivity contribution < 1.29 is 23.8 Å². The van der Waals surface area contributed by atoms with Crippen LogP contribution < -0.4 is 5.56 Å². The van der Waals surface area contributed by atoms with Crippen molar-refractivity contribution in [2.24, 2.45) is 5.92 Å². The summed E-state index contributed by atoms with van der Waals surface area (Å²) in [5.74, 6) is -0.333. The molecule has 1 aliphatic heterocycles. The highest BCUT2D eigenvalue weighted by atomic mass is 31.1. The van der Waals surface area contributed by atoms with E-state index in [1.807, 2.05) is 0 Å². The van der Waals surface area contributed by atoms with E-state index < -0.39 is 32.2 Å². The summed E-state index contributed by atoms with van der Waals surface area (Å²) < 4.78 is 23.2. The van der Waals surface area contributed by atoms with E-state index in [2.05, 4.69) is 15.0 Å². The summed E-state index contributed by atoms with van der Waals surface area (Å²) in [6, 6.07) is 0. The SMILES string of the molecule is C[C@H]1[C@@H](O[P+](=O)O)[C@H](n2cnc3c(=O)[nH]cnc32)O[C@@H]1CO. The van der Waals surface area contributed by atoms with Crippen molar-refractivity contribution in [1.82, 2.24) is 19.5 Å². The number of hydrogen-bond acceptors (Lipinski definition) is 7. The summed E-state index contributed by atoms with van der Waals surface area (Å²) in [6.45, 7) is 1.48. The molecule has 118 valence electrons. The third kappa shape index (κ3) is 2.44. The number of nitrogens with one attached hydrogen (secondary N) is 1. The number of aliphatic hydroxyl groups excluding tert-OH is 1. The highest BCUT2D eigenvalue weighted by molar-refractivity contribution is 7.32. The summed E-state index contributed by atoms with van der Waals surface area (Å²) in [4.78, 5) is 31.1. The van der Waals surface area contributed by atoms with Crippen LogP contribution in [0.25, 0.3) is 11.2 Å². The van der Waals surface area contributed by atoms with Crippen LogP contribution in [0.5, 0.6) is 0 Å². The molecule has 0 amide bonds. The lowest BCUT2D eigenvalue weighted by Crippen LogP contribution is -2.26. The molecule has 2 aromatic rings. The maximum atomic E-state index is 11.7. The van der Waals surface area contributed by atoms with E-state index in [0.29, 0.717) is 0 Å². The van der Waals surface area contributed by atoms with Gasteiger partial charge in [0.1, 0.15) is 0 Å². The standard InChI is InChI=1S/C11H13N4O6P/c1-5-6(2-16)20-11(8(5)21-22(18)19)15-4-14-7-9(15)12-3-13-10(7)17/h3-6,8,11,16H,2H2,1H3,(H-,12,13,17,18,19)/p+1/t5-,6-,8-,11-/m1/s1. The third-order valence-electron chi connectivity index (χ3n) is 3.73. The van der Waals surface area contributed by atoms with Crippen LogP contribution in [0, 0.1) is 5.92 Å². The van der Waals surface area contributed by atoms with E-state index in [-0.39, 0.29) is 23.7 Å². The van der Waals surface area contributed by atoms with Gasteiger partial charge >= 0.3 is 8.25 Å². The molecule has 3 heterocycles. The molecule has 22 heavy (non-hydrogen) atoms. The van der Waals surface area contributed by atoms with Gasteiger partial charge in [0.05, 0.1) is 25.4 Å². The average molecular weight is 329 g/mol. The smallest absolute Gasteiger partial charge is 0.394 e. The molecule has 1 saturated heterocycles. The molecular formula is C11H14N4O6P+. The molecule has 1 aliphatic rings. The molecule has 0 saturated carbocycles. The van der Waals surface area contributed by atoms with Crippen LogP contribution in [0.2, 0.25) is 0 Å². The van der Waals surface area contributed by atoms with Crippen LogP contribution in [-0.2, 0) is 13.8 Å². The van der Waals surface area contributed by atoms with Crippen molar-refractivity contribution in [2.75, 3.05) is 6.61 Å². The van der Waals surface area contributed by atoms with Crippen molar-refractivity contribution in [2.45, 2.75) is 25.4 Å². The van der Waals surface area contributed by atoms with Gasteiger partial charge in [-0.1, -0.05) is 6.92 Å². The van der Waals surface area contributed by atoms with Gasteiger partial charge < -0.3 is 14.8 Å². The number of aromatic amines is 1. The Morgan fingerprint density at radius 1 is 1.55 bits per heavy atom. The van der Waals surface area contributed by atoms with Crippen molar-refractivity contribution in [3.8, 4) is 0 Å². The summed E-state index contributed by atoms with van der Waals surface area (Å²) in [6.07, 6.45) is 0.407. The van der Waals surface area contributed by atoms with Gasteiger partial charge in [-0.25, -0.2) is 9.97 Å². The summed E-state index contributed by atoms with van der Waals surface area (Å²) >= 11 is 0. The van der Waals surface area contributed by atoms with Gasteiger partial charge in [-0.15, -0.1) is 9.42 Å². The lowest BCUT2D eigenvalue weighted by molar-refractivity contribution is -0.0450.